The third kappa shape index (κ3) is 2.89. The van der Waals surface area contributed by atoms with Crippen LogP contribution in [0.15, 0.2) is 0 Å². The van der Waals surface area contributed by atoms with E-state index in [1.165, 1.54) is 4.90 Å². The number of amides is 2. The third-order valence-corrected chi connectivity index (χ3v) is 4.76. The van der Waals surface area contributed by atoms with Gasteiger partial charge in [-0.3, -0.25) is 0 Å². The molecule has 0 radical (unpaired) electrons. The molecule has 0 aliphatic carbocycles. The molecule has 0 saturated carbocycles. The first-order chi connectivity index (χ1) is 8.59. The molecule has 1 atom stereocenters. The number of aliphatic carboxylic acids is 1. The van der Waals surface area contributed by atoms with Crippen LogP contribution in [0.25, 0.3) is 0 Å². The molecular weight excluding hydrogens is 256 g/mol. The molecule has 2 rings (SSSR count). The lowest BCUT2D eigenvalue weighted by molar-refractivity contribution is -0.143. The summed E-state index contributed by atoms with van der Waals surface area (Å²) in [4.78, 5) is 26.5. The molecule has 1 N–H and O–H groups in total. The van der Waals surface area contributed by atoms with Crippen LogP contribution >= 0.6 is 0 Å². The number of rotatable bonds is 1. The molecule has 2 saturated heterocycles. The Labute approximate surface area is 109 Å². The maximum Gasteiger partial charge on any atom is 0.326 e. The smallest absolute Gasteiger partial charge is 0.326 e. The van der Waals surface area contributed by atoms with E-state index in [-0.39, 0.29) is 6.03 Å². The van der Waals surface area contributed by atoms with Crippen molar-refractivity contribution in [3.05, 3.63) is 0 Å². The molecule has 18 heavy (non-hydrogen) atoms. The molecule has 0 bridgehead atoms. The Kier molecular flexibility index (Phi) is 4.34. The lowest BCUT2D eigenvalue weighted by Crippen LogP contribution is -2.55. The van der Waals surface area contributed by atoms with Crippen LogP contribution in [0.2, 0.25) is 0 Å². The van der Waals surface area contributed by atoms with E-state index in [9.17, 15) is 14.1 Å². The normalized spacial score (nSPS) is 26.2. The topological polar surface area (TPSA) is 83.9 Å². The SMILES string of the molecule is O=C(O)[C@@H]1CCCCN1C(=O)N1CC[S+]([O-])CC1. The zero-order valence-electron chi connectivity index (χ0n) is 10.2. The van der Waals surface area contributed by atoms with Gasteiger partial charge in [0, 0.05) is 6.54 Å². The van der Waals surface area contributed by atoms with Gasteiger partial charge < -0.3 is 19.5 Å². The van der Waals surface area contributed by atoms with Crippen LogP contribution < -0.4 is 0 Å². The highest BCUT2D eigenvalue weighted by Crippen LogP contribution is 2.19. The van der Waals surface area contributed by atoms with E-state index in [0.717, 1.165) is 12.8 Å². The zero-order valence-corrected chi connectivity index (χ0v) is 11.0. The first-order valence-electron chi connectivity index (χ1n) is 6.23. The van der Waals surface area contributed by atoms with Gasteiger partial charge in [-0.15, -0.1) is 0 Å². The van der Waals surface area contributed by atoms with Gasteiger partial charge in [0.1, 0.15) is 17.5 Å². The molecule has 6 nitrogen and oxygen atoms in total. The van der Waals surface area contributed by atoms with Gasteiger partial charge in [0.05, 0.1) is 13.1 Å². The summed E-state index contributed by atoms with van der Waals surface area (Å²) in [6.07, 6.45) is 2.24. The number of carboxylic acids is 1. The Bertz CT molecular complexity index is 331. The van der Waals surface area contributed by atoms with E-state index in [1.54, 1.807) is 4.90 Å². The van der Waals surface area contributed by atoms with E-state index >= 15 is 0 Å². The van der Waals surface area contributed by atoms with Crippen LogP contribution in [-0.2, 0) is 16.0 Å². The lowest BCUT2D eigenvalue weighted by Gasteiger charge is -2.38. The third-order valence-electron chi connectivity index (χ3n) is 3.48. The number of urea groups is 1. The zero-order chi connectivity index (χ0) is 13.1. The van der Waals surface area contributed by atoms with Crippen molar-refractivity contribution in [3.63, 3.8) is 0 Å². The van der Waals surface area contributed by atoms with Gasteiger partial charge in [0.25, 0.3) is 0 Å². The number of hydrogen-bond acceptors (Lipinski definition) is 3. The van der Waals surface area contributed by atoms with Gasteiger partial charge in [-0.1, -0.05) is 11.2 Å². The van der Waals surface area contributed by atoms with Crippen molar-refractivity contribution in [3.8, 4) is 0 Å². The van der Waals surface area contributed by atoms with Gasteiger partial charge in [0.2, 0.25) is 0 Å². The lowest BCUT2D eigenvalue weighted by atomic mass is 10.0. The van der Waals surface area contributed by atoms with E-state index in [0.29, 0.717) is 37.6 Å². The quantitative estimate of drug-likeness (QED) is 0.688. The van der Waals surface area contributed by atoms with Gasteiger partial charge in [0.15, 0.2) is 0 Å². The van der Waals surface area contributed by atoms with Crippen molar-refractivity contribution in [1.82, 2.24) is 9.80 Å². The molecule has 2 aliphatic rings. The largest absolute Gasteiger partial charge is 0.616 e. The van der Waals surface area contributed by atoms with E-state index in [4.69, 9.17) is 5.11 Å². The van der Waals surface area contributed by atoms with Gasteiger partial charge >= 0.3 is 12.0 Å². The van der Waals surface area contributed by atoms with Crippen LogP contribution in [0.1, 0.15) is 19.3 Å². The molecule has 7 heteroatoms. The summed E-state index contributed by atoms with van der Waals surface area (Å²) in [5, 5.41) is 9.14. The average Bonchev–Trinajstić information content (AvgIpc) is 2.39. The van der Waals surface area contributed by atoms with Crippen LogP contribution in [0.4, 0.5) is 4.79 Å². The number of carbonyl (C=O) groups is 2. The maximum atomic E-state index is 12.3. The predicted octanol–water partition coefficient (Wildman–Crippen LogP) is 0.110. The minimum absolute atomic E-state index is 0.209. The highest BCUT2D eigenvalue weighted by atomic mass is 32.2. The van der Waals surface area contributed by atoms with Crippen LogP contribution in [0, 0.1) is 0 Å². The summed E-state index contributed by atoms with van der Waals surface area (Å²) in [5.74, 6) is 0.0675. The number of carboxylic acid groups (broad SMARTS) is 1. The van der Waals surface area contributed by atoms with Gasteiger partial charge in [-0.05, 0) is 19.3 Å². The number of nitrogens with zero attached hydrogens (tertiary/aromatic N) is 2. The molecule has 0 aromatic heterocycles. The molecule has 2 aliphatic heterocycles. The van der Waals surface area contributed by atoms with Crippen molar-refractivity contribution in [2.24, 2.45) is 0 Å². The summed E-state index contributed by atoms with van der Waals surface area (Å²) in [5.41, 5.74) is 0. The number of carbonyl (C=O) groups excluding carboxylic acids is 1. The van der Waals surface area contributed by atoms with E-state index in [2.05, 4.69) is 0 Å². The summed E-state index contributed by atoms with van der Waals surface area (Å²) in [6.45, 7) is 1.44. The first kappa shape index (κ1) is 13.5. The Morgan fingerprint density at radius 3 is 2.44 bits per heavy atom. The first-order valence-corrected chi connectivity index (χ1v) is 7.71. The fourth-order valence-electron chi connectivity index (χ4n) is 2.43. The van der Waals surface area contributed by atoms with Crippen molar-refractivity contribution >= 4 is 23.2 Å². The minimum atomic E-state index is -0.927. The van der Waals surface area contributed by atoms with Crippen LogP contribution in [0.3, 0.4) is 0 Å². The highest BCUT2D eigenvalue weighted by Gasteiger charge is 2.35. The molecule has 2 heterocycles. The molecule has 2 fully saturated rings. The van der Waals surface area contributed by atoms with Crippen molar-refractivity contribution in [2.45, 2.75) is 25.3 Å². The fourth-order valence-corrected chi connectivity index (χ4v) is 3.48. The number of piperidine rings is 1. The Morgan fingerprint density at radius 2 is 1.83 bits per heavy atom. The summed E-state index contributed by atoms with van der Waals surface area (Å²) >= 11 is -0.829. The van der Waals surface area contributed by atoms with Crippen molar-refractivity contribution in [2.75, 3.05) is 31.1 Å². The van der Waals surface area contributed by atoms with Crippen LogP contribution in [0.5, 0.6) is 0 Å². The molecule has 102 valence electrons. The molecule has 0 aromatic rings. The van der Waals surface area contributed by atoms with Crippen LogP contribution in [-0.4, -0.2) is 68.6 Å². The predicted molar refractivity (Wildman–Crippen MR) is 66.8 cm³/mol. The second kappa shape index (κ2) is 5.79. The molecule has 0 aromatic carbocycles. The minimum Gasteiger partial charge on any atom is -0.616 e. The number of hydrogen-bond donors (Lipinski definition) is 1. The summed E-state index contributed by atoms with van der Waals surface area (Å²) < 4.78 is 11.2. The fraction of sp³-hybridized carbons (Fsp3) is 0.818. The Balaban J connectivity index is 2.00. The summed E-state index contributed by atoms with van der Waals surface area (Å²) in [7, 11) is 0. The Morgan fingerprint density at radius 1 is 1.17 bits per heavy atom. The van der Waals surface area contributed by atoms with Gasteiger partial charge in [-0.25, -0.2) is 9.59 Å². The summed E-state index contributed by atoms with van der Waals surface area (Å²) in [6, 6.07) is -0.905. The standard InChI is InChI=1S/C11H18N2O4S/c14-10(15)9-3-1-2-4-13(9)11(16)12-5-7-18(17)8-6-12/h9H,1-8H2,(H,14,15)/t9-/m0/s1. The Hall–Kier alpha value is -0.950. The molecular formula is C11H18N2O4S. The molecule has 0 spiro atoms. The number of likely N-dealkylation sites (tertiary alicyclic amines) is 1. The van der Waals surface area contributed by atoms with Gasteiger partial charge in [-0.2, -0.15) is 0 Å². The van der Waals surface area contributed by atoms with E-state index in [1.807, 2.05) is 0 Å². The monoisotopic (exact) mass is 274 g/mol. The molecule has 2 amide bonds. The maximum absolute atomic E-state index is 12.3. The average molecular weight is 274 g/mol. The second-order valence-corrected chi connectivity index (χ2v) is 6.36. The second-order valence-electron chi connectivity index (χ2n) is 4.66. The molecule has 0 unspecified atom stereocenters. The highest BCUT2D eigenvalue weighted by molar-refractivity contribution is 7.91. The van der Waals surface area contributed by atoms with E-state index < -0.39 is 23.2 Å². The van der Waals surface area contributed by atoms with Crippen molar-refractivity contribution < 1.29 is 19.2 Å². The van der Waals surface area contributed by atoms with Crippen molar-refractivity contribution in [1.29, 1.82) is 0 Å².